The molecule has 0 saturated carbocycles. The first-order valence-electron chi connectivity index (χ1n) is 12.6. The van der Waals surface area contributed by atoms with E-state index in [0.717, 1.165) is 40.5 Å². The van der Waals surface area contributed by atoms with Crippen LogP contribution < -0.4 is 14.8 Å². The number of anilines is 1. The van der Waals surface area contributed by atoms with E-state index < -0.39 is 10.0 Å². The van der Waals surface area contributed by atoms with Crippen molar-refractivity contribution in [3.63, 3.8) is 0 Å². The fourth-order valence-electron chi connectivity index (χ4n) is 5.33. The number of amides is 1. The predicted octanol–water partition coefficient (Wildman–Crippen LogP) is 4.39. The monoisotopic (exact) mass is 556 g/mol. The summed E-state index contributed by atoms with van der Waals surface area (Å²) in [5.41, 5.74) is 8.82. The van der Waals surface area contributed by atoms with Crippen LogP contribution in [0.1, 0.15) is 49.4 Å². The molecule has 2 heterocycles. The Bertz CT molecular complexity index is 1490. The molecule has 0 spiro atoms. The quantitative estimate of drug-likeness (QED) is 0.345. The Labute approximate surface area is 229 Å². The summed E-state index contributed by atoms with van der Waals surface area (Å²) in [5, 5.41) is 9.67. The highest BCUT2D eigenvalue weighted by Crippen LogP contribution is 2.44. The number of nitrogens with one attached hydrogen (secondary N) is 1. The first-order chi connectivity index (χ1) is 17.7. The highest BCUT2D eigenvalue weighted by molar-refractivity contribution is 7.92. The van der Waals surface area contributed by atoms with Gasteiger partial charge in [0.25, 0.3) is 0 Å². The number of benzene rings is 3. The van der Waals surface area contributed by atoms with Crippen LogP contribution in [0.3, 0.4) is 0 Å². The van der Waals surface area contributed by atoms with Gasteiger partial charge in [0.05, 0.1) is 17.5 Å². The van der Waals surface area contributed by atoms with E-state index in [-0.39, 0.29) is 42.0 Å². The van der Waals surface area contributed by atoms with Crippen LogP contribution in [0.4, 0.5) is 5.69 Å². The van der Waals surface area contributed by atoms with Gasteiger partial charge in [0.15, 0.2) is 0 Å². The second kappa shape index (κ2) is 10.8. The number of nitrogens with zero attached hydrogens (tertiary/aromatic N) is 2. The molecular formula is C28H33ClN4O4S. The summed E-state index contributed by atoms with van der Waals surface area (Å²) in [5.74, 6) is 0.803. The molecule has 2 aliphatic heterocycles. The summed E-state index contributed by atoms with van der Waals surface area (Å²) < 4.78 is 34.3. The Hall–Kier alpha value is -3.30. The van der Waals surface area contributed by atoms with Crippen molar-refractivity contribution in [2.75, 3.05) is 23.1 Å². The molecule has 8 nitrogen and oxygen atoms in total. The first kappa shape index (κ1) is 27.7. The average molecular weight is 557 g/mol. The number of nitrogens with two attached hydrogens (primary N) is 1. The van der Waals surface area contributed by atoms with Crippen LogP contribution in [0.2, 0.25) is 0 Å². The molecule has 3 aromatic rings. The summed E-state index contributed by atoms with van der Waals surface area (Å²) in [4.78, 5) is 13.4. The molecule has 1 unspecified atom stereocenters. The smallest absolute Gasteiger partial charge is 0.235 e. The summed E-state index contributed by atoms with van der Waals surface area (Å²) in [7, 11) is -3.54. The van der Waals surface area contributed by atoms with Gasteiger partial charge < -0.3 is 15.4 Å². The molecular weight excluding hydrogens is 524 g/mol. The van der Waals surface area contributed by atoms with Crippen LogP contribution in [0.25, 0.3) is 10.8 Å². The van der Waals surface area contributed by atoms with Crippen molar-refractivity contribution in [3.05, 3.63) is 71.3 Å². The van der Waals surface area contributed by atoms with Crippen LogP contribution in [0, 0.1) is 5.41 Å². The van der Waals surface area contributed by atoms with Crippen LogP contribution >= 0.6 is 12.4 Å². The van der Waals surface area contributed by atoms with Crippen LogP contribution in [-0.4, -0.2) is 50.0 Å². The first-order valence-corrected chi connectivity index (χ1v) is 14.2. The number of amidine groups is 1. The maximum absolute atomic E-state index is 13.3. The Morgan fingerprint density at radius 1 is 1.05 bits per heavy atom. The van der Waals surface area contributed by atoms with Crippen molar-refractivity contribution in [1.29, 1.82) is 5.41 Å². The molecule has 1 fully saturated rings. The van der Waals surface area contributed by atoms with Gasteiger partial charge in [-0.15, -0.1) is 12.4 Å². The van der Waals surface area contributed by atoms with E-state index in [4.69, 9.17) is 15.9 Å². The molecule has 5 rings (SSSR count). The minimum atomic E-state index is -3.54. The van der Waals surface area contributed by atoms with Gasteiger partial charge in [-0.05, 0) is 59.2 Å². The van der Waals surface area contributed by atoms with Crippen molar-refractivity contribution >= 4 is 50.6 Å². The van der Waals surface area contributed by atoms with E-state index in [9.17, 15) is 13.2 Å². The third kappa shape index (κ3) is 5.31. The van der Waals surface area contributed by atoms with Crippen molar-refractivity contribution in [1.82, 2.24) is 4.90 Å². The number of fused-ring (bicyclic) bond motifs is 2. The van der Waals surface area contributed by atoms with Crippen molar-refractivity contribution in [3.8, 4) is 5.75 Å². The number of ether oxygens (including phenoxy) is 1. The maximum atomic E-state index is 13.3. The lowest BCUT2D eigenvalue weighted by Gasteiger charge is -2.31. The minimum absolute atomic E-state index is 0. The van der Waals surface area contributed by atoms with E-state index in [1.165, 1.54) is 0 Å². The van der Waals surface area contributed by atoms with Crippen LogP contribution in [-0.2, 0) is 21.2 Å². The number of halogens is 1. The highest BCUT2D eigenvalue weighted by atomic mass is 35.5. The zero-order valence-corrected chi connectivity index (χ0v) is 23.1. The van der Waals surface area contributed by atoms with Crippen molar-refractivity contribution in [2.24, 2.45) is 5.73 Å². The maximum Gasteiger partial charge on any atom is 0.235 e. The zero-order valence-electron chi connectivity index (χ0n) is 21.5. The molecule has 1 saturated heterocycles. The molecule has 1 atom stereocenters. The molecule has 0 radical (unpaired) electrons. The number of hydrogen-bond acceptors (Lipinski definition) is 5. The molecule has 202 valence electrons. The summed E-state index contributed by atoms with van der Waals surface area (Å²) in [6, 6.07) is 16.8. The molecule has 0 aliphatic carbocycles. The number of sulfonamides is 1. The van der Waals surface area contributed by atoms with E-state index in [0.29, 0.717) is 30.8 Å². The number of carbonyl (C=O) groups is 1. The van der Waals surface area contributed by atoms with E-state index >= 15 is 0 Å². The fraction of sp³-hybridized carbons (Fsp3) is 0.357. The van der Waals surface area contributed by atoms with E-state index in [2.05, 4.69) is 0 Å². The van der Waals surface area contributed by atoms with Gasteiger partial charge in [-0.1, -0.05) is 24.3 Å². The lowest BCUT2D eigenvalue weighted by atomic mass is 9.98. The summed E-state index contributed by atoms with van der Waals surface area (Å²) in [6.45, 7) is 4.62. The molecule has 10 heteroatoms. The Balaban J connectivity index is 0.00000336. The van der Waals surface area contributed by atoms with E-state index in [1.807, 2.05) is 59.5 Å². The predicted molar refractivity (Wildman–Crippen MR) is 153 cm³/mol. The second-order valence-corrected chi connectivity index (χ2v) is 11.9. The number of nitrogen functional groups attached to an aromatic ring is 1. The normalized spacial score (nSPS) is 17.7. The number of hydrogen-bond donors (Lipinski definition) is 2. The number of piperidine rings is 1. The van der Waals surface area contributed by atoms with E-state index in [1.54, 1.807) is 18.2 Å². The molecule has 38 heavy (non-hydrogen) atoms. The third-order valence-corrected chi connectivity index (χ3v) is 9.18. The van der Waals surface area contributed by atoms with Gasteiger partial charge in [-0.25, -0.2) is 8.42 Å². The Morgan fingerprint density at radius 2 is 1.76 bits per heavy atom. The van der Waals surface area contributed by atoms with Gasteiger partial charge in [-0.2, -0.15) is 0 Å². The van der Waals surface area contributed by atoms with Crippen LogP contribution in [0.15, 0.2) is 54.6 Å². The van der Waals surface area contributed by atoms with Crippen LogP contribution in [0.5, 0.6) is 5.75 Å². The molecule has 3 aromatic carbocycles. The average Bonchev–Trinajstić information content (AvgIpc) is 3.28. The molecule has 0 bridgehead atoms. The third-order valence-electron chi connectivity index (χ3n) is 7.40. The number of rotatable bonds is 6. The van der Waals surface area contributed by atoms with Gasteiger partial charge >= 0.3 is 0 Å². The molecule has 3 N–H and O–H groups in total. The number of carbonyl (C=O) groups excluding carboxylic acids is 1. The molecule has 2 aliphatic rings. The highest BCUT2D eigenvalue weighted by Gasteiger charge is 2.38. The SMILES string of the molecule is CCS(=O)(=O)N1c2ccc(OC3CCN(C(C)=O)CC3)cc2CC1c1ccc2ccc(C(=N)N)cc2c1.Cl. The van der Waals surface area contributed by atoms with Gasteiger partial charge in [0.2, 0.25) is 15.9 Å². The molecule has 1 amide bonds. The zero-order chi connectivity index (χ0) is 26.3. The largest absolute Gasteiger partial charge is 0.490 e. The van der Waals surface area contributed by atoms with Gasteiger partial charge in [-0.3, -0.25) is 14.5 Å². The molecule has 0 aromatic heterocycles. The Kier molecular flexibility index (Phi) is 7.90. The lowest BCUT2D eigenvalue weighted by Crippen LogP contribution is -2.40. The minimum Gasteiger partial charge on any atom is -0.490 e. The summed E-state index contributed by atoms with van der Waals surface area (Å²) >= 11 is 0. The second-order valence-electron chi connectivity index (χ2n) is 9.77. The summed E-state index contributed by atoms with van der Waals surface area (Å²) in [6.07, 6.45) is 2.11. The number of likely N-dealkylation sites (tertiary alicyclic amines) is 1. The Morgan fingerprint density at radius 3 is 2.42 bits per heavy atom. The van der Waals surface area contributed by atoms with Crippen molar-refractivity contribution in [2.45, 2.75) is 45.3 Å². The van der Waals surface area contributed by atoms with Gasteiger partial charge in [0.1, 0.15) is 17.7 Å². The fourth-order valence-corrected chi connectivity index (χ4v) is 6.67. The van der Waals surface area contributed by atoms with Crippen molar-refractivity contribution < 1.29 is 17.9 Å². The lowest BCUT2D eigenvalue weighted by molar-refractivity contribution is -0.130. The standard InChI is InChI=1S/C28H32N4O4S.ClH/c1-3-37(34,35)32-26-9-8-25(36-24-10-12-31(13-11-24)18(2)33)16-23(26)17-27(32)20-6-4-19-5-7-21(28(29)30)15-22(19)14-20;/h4-9,14-16,24,27H,3,10-13,17H2,1-2H3,(H3,29,30);1H. The topological polar surface area (TPSA) is 117 Å². The van der Waals surface area contributed by atoms with Gasteiger partial charge in [0, 0.05) is 44.8 Å².